The molecule has 2 aliphatic rings. The van der Waals surface area contributed by atoms with Gasteiger partial charge < -0.3 is 14.5 Å². The van der Waals surface area contributed by atoms with E-state index in [2.05, 4.69) is 34.2 Å². The molecule has 1 unspecified atom stereocenters. The number of anilines is 1. The Kier molecular flexibility index (Phi) is 5.98. The summed E-state index contributed by atoms with van der Waals surface area (Å²) < 4.78 is 5.30. The number of ether oxygens (including phenoxy) is 1. The molecule has 8 heteroatoms. The summed E-state index contributed by atoms with van der Waals surface area (Å²) in [6, 6.07) is 9.96. The number of hydrogen-bond donors (Lipinski definition) is 1. The summed E-state index contributed by atoms with van der Waals surface area (Å²) >= 11 is 0. The van der Waals surface area contributed by atoms with Gasteiger partial charge in [0.1, 0.15) is 23.1 Å². The Hall–Kier alpha value is -3.42. The van der Waals surface area contributed by atoms with Gasteiger partial charge >= 0.3 is 0 Å². The highest BCUT2D eigenvalue weighted by Crippen LogP contribution is 2.32. The van der Waals surface area contributed by atoms with Crippen LogP contribution in [0.15, 0.2) is 36.5 Å². The molecule has 4 heterocycles. The zero-order chi connectivity index (χ0) is 22.8. The molecule has 8 nitrogen and oxygen atoms in total. The number of fused-ring (bicyclic) bond motifs is 1. The van der Waals surface area contributed by atoms with Crippen LogP contribution in [0, 0.1) is 6.92 Å². The first-order valence-corrected chi connectivity index (χ1v) is 11.7. The van der Waals surface area contributed by atoms with Gasteiger partial charge in [0, 0.05) is 49.6 Å². The Balaban J connectivity index is 1.38. The SMILES string of the molecule is COc1ccc(CN2CCCc3c(C)nc(C4CCCN(C(=O)c5ccn[nH]5)C4)nc32)cc1. The Bertz CT molecular complexity index is 1110. The second-order valence-corrected chi connectivity index (χ2v) is 8.90. The number of aromatic amines is 1. The summed E-state index contributed by atoms with van der Waals surface area (Å²) in [5, 5.41) is 6.71. The lowest BCUT2D eigenvalue weighted by Crippen LogP contribution is -2.40. The zero-order valence-electron chi connectivity index (χ0n) is 19.3. The van der Waals surface area contributed by atoms with Crippen molar-refractivity contribution >= 4 is 11.7 Å². The number of nitrogens with one attached hydrogen (secondary N) is 1. The maximum atomic E-state index is 12.8. The molecule has 172 valence electrons. The van der Waals surface area contributed by atoms with Crippen molar-refractivity contribution in [1.82, 2.24) is 25.1 Å². The van der Waals surface area contributed by atoms with Crippen LogP contribution in [-0.2, 0) is 13.0 Å². The van der Waals surface area contributed by atoms with Gasteiger partial charge in [0.15, 0.2) is 0 Å². The van der Waals surface area contributed by atoms with E-state index in [1.54, 1.807) is 19.4 Å². The van der Waals surface area contributed by atoms with Crippen LogP contribution < -0.4 is 9.64 Å². The number of H-pyrrole nitrogens is 1. The number of nitrogens with zero attached hydrogens (tertiary/aromatic N) is 5. The first-order chi connectivity index (χ1) is 16.1. The number of methoxy groups -OCH3 is 1. The molecule has 0 spiro atoms. The lowest BCUT2D eigenvalue weighted by Gasteiger charge is -2.34. The van der Waals surface area contributed by atoms with Crippen molar-refractivity contribution in [2.24, 2.45) is 0 Å². The molecule has 0 saturated carbocycles. The van der Waals surface area contributed by atoms with Crippen LogP contribution in [0.5, 0.6) is 5.75 Å². The van der Waals surface area contributed by atoms with Crippen molar-refractivity contribution in [2.75, 3.05) is 31.6 Å². The van der Waals surface area contributed by atoms with Crippen LogP contribution >= 0.6 is 0 Å². The van der Waals surface area contributed by atoms with Gasteiger partial charge in [-0.2, -0.15) is 5.10 Å². The van der Waals surface area contributed by atoms with Crippen molar-refractivity contribution in [3.05, 3.63) is 64.9 Å². The minimum Gasteiger partial charge on any atom is -0.497 e. The monoisotopic (exact) mass is 446 g/mol. The van der Waals surface area contributed by atoms with Crippen LogP contribution in [0.4, 0.5) is 5.82 Å². The van der Waals surface area contributed by atoms with Crippen LogP contribution in [0.3, 0.4) is 0 Å². The quantitative estimate of drug-likeness (QED) is 0.646. The number of aromatic nitrogens is 4. The fourth-order valence-electron chi connectivity index (χ4n) is 4.91. The largest absolute Gasteiger partial charge is 0.497 e. The van der Waals surface area contributed by atoms with E-state index in [0.29, 0.717) is 12.2 Å². The summed E-state index contributed by atoms with van der Waals surface area (Å²) in [6.45, 7) is 5.26. The standard InChI is InChI=1S/C25H30N6O2/c1-17-21-6-4-13-30(15-18-7-9-20(33-2)10-8-18)24(21)28-23(27-17)19-5-3-14-31(16-19)25(32)22-11-12-26-29-22/h7-12,19H,3-6,13-16H2,1-2H3,(H,26,29). The molecular weight excluding hydrogens is 416 g/mol. The van der Waals surface area contributed by atoms with Crippen molar-refractivity contribution in [1.29, 1.82) is 0 Å². The number of hydrogen-bond acceptors (Lipinski definition) is 6. The summed E-state index contributed by atoms with van der Waals surface area (Å²) in [5.41, 5.74) is 4.07. The third-order valence-electron chi connectivity index (χ3n) is 6.70. The van der Waals surface area contributed by atoms with Gasteiger partial charge in [-0.1, -0.05) is 12.1 Å². The summed E-state index contributed by atoms with van der Waals surface area (Å²) in [4.78, 5) is 27.1. The Morgan fingerprint density at radius 3 is 2.76 bits per heavy atom. The first-order valence-electron chi connectivity index (χ1n) is 11.7. The van der Waals surface area contributed by atoms with Crippen molar-refractivity contribution in [2.45, 2.75) is 45.1 Å². The van der Waals surface area contributed by atoms with Crippen molar-refractivity contribution in [3.63, 3.8) is 0 Å². The number of benzene rings is 1. The van der Waals surface area contributed by atoms with Gasteiger partial charge in [0.05, 0.1) is 7.11 Å². The van der Waals surface area contributed by atoms with E-state index in [4.69, 9.17) is 14.7 Å². The smallest absolute Gasteiger partial charge is 0.271 e. The Morgan fingerprint density at radius 1 is 1.15 bits per heavy atom. The molecular formula is C25H30N6O2. The molecule has 3 aromatic rings. The third kappa shape index (κ3) is 4.42. The highest BCUT2D eigenvalue weighted by molar-refractivity contribution is 5.92. The number of piperidine rings is 1. The average molecular weight is 447 g/mol. The minimum absolute atomic E-state index is 0.00647. The molecule has 1 atom stereocenters. The van der Waals surface area contributed by atoms with Crippen LogP contribution in [0.1, 0.15) is 58.3 Å². The molecule has 1 fully saturated rings. The molecule has 0 radical (unpaired) electrons. The van der Waals surface area contributed by atoms with Crippen LogP contribution in [0.25, 0.3) is 0 Å². The fraction of sp³-hybridized carbons (Fsp3) is 0.440. The number of amides is 1. The van der Waals surface area contributed by atoms with Crippen molar-refractivity contribution < 1.29 is 9.53 Å². The molecule has 2 aliphatic heterocycles. The molecule has 33 heavy (non-hydrogen) atoms. The number of carbonyl (C=O) groups is 1. The second-order valence-electron chi connectivity index (χ2n) is 8.90. The van der Waals surface area contributed by atoms with E-state index in [9.17, 15) is 4.79 Å². The van der Waals surface area contributed by atoms with E-state index in [0.717, 1.165) is 68.4 Å². The molecule has 1 saturated heterocycles. The van der Waals surface area contributed by atoms with E-state index >= 15 is 0 Å². The van der Waals surface area contributed by atoms with E-state index in [1.807, 2.05) is 17.0 Å². The van der Waals surface area contributed by atoms with Gasteiger partial charge in [-0.15, -0.1) is 0 Å². The van der Waals surface area contributed by atoms with Crippen molar-refractivity contribution in [3.8, 4) is 5.75 Å². The lowest BCUT2D eigenvalue weighted by atomic mass is 9.95. The topological polar surface area (TPSA) is 87.2 Å². The van der Waals surface area contributed by atoms with Gasteiger partial charge in [0.25, 0.3) is 5.91 Å². The summed E-state index contributed by atoms with van der Waals surface area (Å²) in [7, 11) is 1.69. The molecule has 1 aromatic carbocycles. The van der Waals surface area contributed by atoms with Gasteiger partial charge in [-0.3, -0.25) is 9.89 Å². The van der Waals surface area contributed by atoms with Gasteiger partial charge in [-0.25, -0.2) is 9.97 Å². The molecule has 0 bridgehead atoms. The van der Waals surface area contributed by atoms with Crippen LogP contribution in [-0.4, -0.2) is 57.7 Å². The van der Waals surface area contributed by atoms with E-state index < -0.39 is 0 Å². The Morgan fingerprint density at radius 2 is 2.00 bits per heavy atom. The number of carbonyl (C=O) groups excluding carboxylic acids is 1. The molecule has 5 rings (SSSR count). The fourth-order valence-corrected chi connectivity index (χ4v) is 4.91. The maximum Gasteiger partial charge on any atom is 0.271 e. The lowest BCUT2D eigenvalue weighted by molar-refractivity contribution is 0.0698. The highest BCUT2D eigenvalue weighted by atomic mass is 16.5. The average Bonchev–Trinajstić information content (AvgIpc) is 3.40. The van der Waals surface area contributed by atoms with E-state index in [-0.39, 0.29) is 11.8 Å². The molecule has 1 amide bonds. The highest BCUT2D eigenvalue weighted by Gasteiger charge is 2.30. The van der Waals surface area contributed by atoms with E-state index in [1.165, 1.54) is 11.1 Å². The zero-order valence-corrected chi connectivity index (χ0v) is 19.3. The Labute approximate surface area is 194 Å². The number of aryl methyl sites for hydroxylation is 1. The normalized spacial score (nSPS) is 18.2. The molecule has 2 aromatic heterocycles. The maximum absolute atomic E-state index is 12.8. The van der Waals surface area contributed by atoms with Crippen LogP contribution in [0.2, 0.25) is 0 Å². The summed E-state index contributed by atoms with van der Waals surface area (Å²) in [5.74, 6) is 2.91. The summed E-state index contributed by atoms with van der Waals surface area (Å²) in [6.07, 6.45) is 5.66. The first kappa shape index (κ1) is 21.4. The molecule has 0 aliphatic carbocycles. The molecule has 1 N–H and O–H groups in total. The third-order valence-corrected chi connectivity index (χ3v) is 6.70. The predicted octanol–water partition coefficient (Wildman–Crippen LogP) is 3.49. The minimum atomic E-state index is -0.00647. The second kappa shape index (κ2) is 9.21. The van der Waals surface area contributed by atoms with Gasteiger partial charge in [-0.05, 0) is 56.4 Å². The predicted molar refractivity (Wildman–Crippen MR) is 126 cm³/mol. The number of rotatable bonds is 5. The number of likely N-dealkylation sites (tertiary alicyclic amines) is 1. The van der Waals surface area contributed by atoms with Gasteiger partial charge in [0.2, 0.25) is 0 Å².